The van der Waals surface area contributed by atoms with Gasteiger partial charge in [0.05, 0.1) is 12.3 Å². The molecule has 0 unspecified atom stereocenters. The van der Waals surface area contributed by atoms with Gasteiger partial charge in [0.15, 0.2) is 0 Å². The van der Waals surface area contributed by atoms with Gasteiger partial charge >= 0.3 is 0 Å². The van der Waals surface area contributed by atoms with Crippen LogP contribution in [0.25, 0.3) is 10.8 Å². The van der Waals surface area contributed by atoms with Gasteiger partial charge in [0.2, 0.25) is 0 Å². The van der Waals surface area contributed by atoms with E-state index < -0.39 is 0 Å². The minimum atomic E-state index is -0.0284. The fourth-order valence-corrected chi connectivity index (χ4v) is 2.06. The molecule has 0 saturated heterocycles. The van der Waals surface area contributed by atoms with Crippen LogP contribution in [0.5, 0.6) is 0 Å². The number of aliphatic hydroxyl groups excluding tert-OH is 1. The number of hydrogen-bond donors (Lipinski definition) is 1. The van der Waals surface area contributed by atoms with Crippen LogP contribution in [0, 0.1) is 0 Å². The van der Waals surface area contributed by atoms with Gasteiger partial charge < -0.3 is 14.9 Å². The van der Waals surface area contributed by atoms with E-state index in [1.54, 1.807) is 0 Å². The van der Waals surface area contributed by atoms with E-state index in [9.17, 15) is 5.11 Å². The maximum Gasteiger partial charge on any atom is 0.136 e. The number of rotatable bonds is 5. The summed E-state index contributed by atoms with van der Waals surface area (Å²) in [7, 11) is 6.16. The molecule has 0 saturated carbocycles. The van der Waals surface area contributed by atoms with E-state index in [0.717, 1.165) is 29.7 Å². The second-order valence-corrected chi connectivity index (χ2v) is 5.04. The quantitative estimate of drug-likeness (QED) is 0.887. The van der Waals surface area contributed by atoms with Gasteiger partial charge in [-0.15, -0.1) is 0 Å². The van der Waals surface area contributed by atoms with E-state index in [-0.39, 0.29) is 6.61 Å². The number of fused-ring (bicyclic) bond motifs is 1. The maximum atomic E-state index is 9.33. The largest absolute Gasteiger partial charge is 0.390 e. The molecule has 0 atom stereocenters. The highest BCUT2D eigenvalue weighted by atomic mass is 16.3. The number of pyridine rings is 1. The van der Waals surface area contributed by atoms with Crippen molar-refractivity contribution < 1.29 is 5.11 Å². The fourth-order valence-electron chi connectivity index (χ4n) is 2.06. The predicted molar refractivity (Wildman–Crippen MR) is 79.5 cm³/mol. The molecule has 0 aliphatic heterocycles. The summed E-state index contributed by atoms with van der Waals surface area (Å²) >= 11 is 0. The van der Waals surface area contributed by atoms with E-state index in [0.29, 0.717) is 5.69 Å². The van der Waals surface area contributed by atoms with Crippen molar-refractivity contribution in [3.05, 3.63) is 36.0 Å². The summed E-state index contributed by atoms with van der Waals surface area (Å²) in [6.45, 7) is 1.84. The van der Waals surface area contributed by atoms with Crippen LogP contribution in [0.2, 0.25) is 0 Å². The third-order valence-corrected chi connectivity index (χ3v) is 3.18. The molecule has 0 aliphatic carbocycles. The van der Waals surface area contributed by atoms with Crippen molar-refractivity contribution in [3.63, 3.8) is 0 Å². The van der Waals surface area contributed by atoms with Crippen molar-refractivity contribution in [2.75, 3.05) is 39.1 Å². The Morgan fingerprint density at radius 2 is 1.84 bits per heavy atom. The fraction of sp³-hybridized carbons (Fsp3) is 0.400. The van der Waals surface area contributed by atoms with Crippen LogP contribution in [-0.4, -0.2) is 49.2 Å². The van der Waals surface area contributed by atoms with E-state index in [2.05, 4.69) is 41.0 Å². The van der Waals surface area contributed by atoms with Gasteiger partial charge in [-0.1, -0.05) is 24.3 Å². The normalized spacial score (nSPS) is 11.2. The zero-order chi connectivity index (χ0) is 13.8. The lowest BCUT2D eigenvalue weighted by Crippen LogP contribution is -2.29. The Hall–Kier alpha value is -1.65. The minimum Gasteiger partial charge on any atom is -0.390 e. The Labute approximate surface area is 114 Å². The molecule has 0 aliphatic rings. The summed E-state index contributed by atoms with van der Waals surface area (Å²) in [6, 6.07) is 10.1. The first-order chi connectivity index (χ1) is 9.11. The Balaban J connectivity index is 2.39. The molecule has 4 heteroatoms. The molecule has 2 rings (SSSR count). The van der Waals surface area contributed by atoms with E-state index in [1.165, 1.54) is 0 Å². The maximum absolute atomic E-state index is 9.33. The third-order valence-electron chi connectivity index (χ3n) is 3.18. The lowest BCUT2D eigenvalue weighted by atomic mass is 10.1. The molecule has 0 fully saturated rings. The topological polar surface area (TPSA) is 39.6 Å². The minimum absolute atomic E-state index is 0.0284. The second kappa shape index (κ2) is 5.99. The SMILES string of the molecule is CN(C)CCN(C)c1nc(CO)cc2ccccc12. The molecule has 0 spiro atoms. The summed E-state index contributed by atoms with van der Waals surface area (Å²) in [5.41, 5.74) is 0.713. The smallest absolute Gasteiger partial charge is 0.136 e. The molecule has 1 aromatic carbocycles. The van der Waals surface area contributed by atoms with Gasteiger partial charge in [-0.2, -0.15) is 0 Å². The lowest BCUT2D eigenvalue weighted by Gasteiger charge is -2.22. The zero-order valence-electron chi connectivity index (χ0n) is 11.8. The summed E-state index contributed by atoms with van der Waals surface area (Å²) in [6.07, 6.45) is 0. The van der Waals surface area contributed by atoms with Crippen LogP contribution < -0.4 is 4.90 Å². The number of benzene rings is 1. The summed E-state index contributed by atoms with van der Waals surface area (Å²) in [5, 5.41) is 11.6. The predicted octanol–water partition coefficient (Wildman–Crippen LogP) is 1.72. The molecule has 1 aromatic heterocycles. The van der Waals surface area contributed by atoms with Crippen LogP contribution in [0.1, 0.15) is 5.69 Å². The Kier molecular flexibility index (Phi) is 4.35. The Morgan fingerprint density at radius 3 is 2.53 bits per heavy atom. The number of hydrogen-bond acceptors (Lipinski definition) is 4. The number of likely N-dealkylation sites (N-methyl/N-ethyl adjacent to an activating group) is 2. The first kappa shape index (κ1) is 13.8. The van der Waals surface area contributed by atoms with Gasteiger partial charge in [-0.3, -0.25) is 0 Å². The van der Waals surface area contributed by atoms with Gasteiger partial charge in [0, 0.05) is 25.5 Å². The summed E-state index contributed by atoms with van der Waals surface area (Å²) in [5.74, 6) is 0.934. The van der Waals surface area contributed by atoms with Crippen LogP contribution in [0.15, 0.2) is 30.3 Å². The standard InChI is InChI=1S/C15H21N3O/c1-17(2)8-9-18(3)15-14-7-5-4-6-12(14)10-13(11-19)16-15/h4-7,10,19H,8-9,11H2,1-3H3. The molecule has 102 valence electrons. The van der Waals surface area contributed by atoms with Crippen LogP contribution >= 0.6 is 0 Å². The first-order valence-electron chi connectivity index (χ1n) is 6.47. The first-order valence-corrected chi connectivity index (χ1v) is 6.47. The van der Waals surface area contributed by atoms with Crippen LogP contribution in [-0.2, 0) is 6.61 Å². The molecule has 4 nitrogen and oxygen atoms in total. The highest BCUT2D eigenvalue weighted by molar-refractivity contribution is 5.92. The summed E-state index contributed by atoms with van der Waals surface area (Å²) in [4.78, 5) is 8.84. The number of aromatic nitrogens is 1. The van der Waals surface area contributed by atoms with Gasteiger partial charge in [0.25, 0.3) is 0 Å². The highest BCUT2D eigenvalue weighted by Gasteiger charge is 2.10. The average Bonchev–Trinajstić information content (AvgIpc) is 2.43. The number of nitrogens with zero attached hydrogens (tertiary/aromatic N) is 3. The third kappa shape index (κ3) is 3.22. The van der Waals surface area contributed by atoms with Crippen molar-refractivity contribution in [3.8, 4) is 0 Å². The van der Waals surface area contributed by atoms with E-state index in [4.69, 9.17) is 0 Å². The lowest BCUT2D eigenvalue weighted by molar-refractivity contribution is 0.277. The Bertz CT molecular complexity index is 554. The van der Waals surface area contributed by atoms with Crippen molar-refractivity contribution in [1.82, 2.24) is 9.88 Å². The van der Waals surface area contributed by atoms with Gasteiger partial charge in [-0.25, -0.2) is 4.98 Å². The molecule has 0 radical (unpaired) electrons. The van der Waals surface area contributed by atoms with Crippen LogP contribution in [0.3, 0.4) is 0 Å². The van der Waals surface area contributed by atoms with Crippen molar-refractivity contribution in [2.24, 2.45) is 0 Å². The second-order valence-electron chi connectivity index (χ2n) is 5.04. The van der Waals surface area contributed by atoms with Gasteiger partial charge in [0.1, 0.15) is 5.82 Å². The van der Waals surface area contributed by atoms with Gasteiger partial charge in [-0.05, 0) is 25.5 Å². The monoisotopic (exact) mass is 259 g/mol. The van der Waals surface area contributed by atoms with E-state index in [1.807, 2.05) is 25.2 Å². The zero-order valence-corrected chi connectivity index (χ0v) is 11.8. The van der Waals surface area contributed by atoms with E-state index >= 15 is 0 Å². The summed E-state index contributed by atoms with van der Waals surface area (Å²) < 4.78 is 0. The highest BCUT2D eigenvalue weighted by Crippen LogP contribution is 2.24. The molecule has 1 heterocycles. The van der Waals surface area contributed by atoms with Crippen molar-refractivity contribution in [1.29, 1.82) is 0 Å². The van der Waals surface area contributed by atoms with Crippen molar-refractivity contribution in [2.45, 2.75) is 6.61 Å². The Morgan fingerprint density at radius 1 is 1.11 bits per heavy atom. The molecular weight excluding hydrogens is 238 g/mol. The molecule has 2 aromatic rings. The van der Waals surface area contributed by atoms with Crippen molar-refractivity contribution >= 4 is 16.6 Å². The molecule has 0 bridgehead atoms. The molecule has 0 amide bonds. The van der Waals surface area contributed by atoms with Crippen LogP contribution in [0.4, 0.5) is 5.82 Å². The molecular formula is C15H21N3O. The number of aliphatic hydroxyl groups is 1. The molecule has 1 N–H and O–H groups in total. The number of anilines is 1. The average molecular weight is 259 g/mol. The molecule has 19 heavy (non-hydrogen) atoms.